The summed E-state index contributed by atoms with van der Waals surface area (Å²) < 4.78 is 0. The lowest BCUT2D eigenvalue weighted by atomic mass is 10.2. The van der Waals surface area contributed by atoms with Crippen LogP contribution < -0.4 is 10.6 Å². The van der Waals surface area contributed by atoms with Gasteiger partial charge in [0.05, 0.1) is 6.54 Å². The first-order valence-electron chi connectivity index (χ1n) is 8.10. The van der Waals surface area contributed by atoms with Crippen molar-refractivity contribution in [3.63, 3.8) is 0 Å². The molecule has 22 heavy (non-hydrogen) atoms. The van der Waals surface area contributed by atoms with Gasteiger partial charge in [0.2, 0.25) is 11.8 Å². The van der Waals surface area contributed by atoms with Crippen LogP contribution in [0.25, 0.3) is 0 Å². The van der Waals surface area contributed by atoms with E-state index in [9.17, 15) is 9.59 Å². The highest BCUT2D eigenvalue weighted by Gasteiger charge is 2.14. The Morgan fingerprint density at radius 3 is 2.18 bits per heavy atom. The molecule has 0 radical (unpaired) electrons. The minimum Gasteiger partial charge on any atom is -0.376 e. The molecule has 0 unspecified atom stereocenters. The van der Waals surface area contributed by atoms with Gasteiger partial charge in [-0.05, 0) is 37.1 Å². The van der Waals surface area contributed by atoms with E-state index in [1.807, 2.05) is 36.1 Å². The van der Waals surface area contributed by atoms with Gasteiger partial charge < -0.3 is 15.5 Å². The standard InChI is InChI=1S/C17H25N3O2/c1-2-16(21)19-15-9-7-14(8-10-15)18-13-17(22)20-11-5-3-4-6-12-20/h7-10,18H,2-6,11-13H2,1H3,(H,19,21). The fourth-order valence-corrected chi connectivity index (χ4v) is 2.53. The van der Waals surface area contributed by atoms with Gasteiger partial charge in [-0.15, -0.1) is 0 Å². The number of hydrogen-bond acceptors (Lipinski definition) is 3. The number of nitrogens with zero attached hydrogens (tertiary/aromatic N) is 1. The van der Waals surface area contributed by atoms with Crippen LogP contribution in [-0.2, 0) is 9.59 Å². The van der Waals surface area contributed by atoms with Crippen LogP contribution in [0.4, 0.5) is 11.4 Å². The summed E-state index contributed by atoms with van der Waals surface area (Å²) in [4.78, 5) is 25.4. The Hall–Kier alpha value is -2.04. The minimum absolute atomic E-state index is 0.00273. The average molecular weight is 303 g/mol. The van der Waals surface area contributed by atoms with Crippen molar-refractivity contribution in [2.45, 2.75) is 39.0 Å². The van der Waals surface area contributed by atoms with E-state index >= 15 is 0 Å². The van der Waals surface area contributed by atoms with E-state index in [1.54, 1.807) is 0 Å². The predicted octanol–water partition coefficient (Wildman–Crippen LogP) is 2.85. The lowest BCUT2D eigenvalue weighted by molar-refractivity contribution is -0.129. The van der Waals surface area contributed by atoms with E-state index < -0.39 is 0 Å². The van der Waals surface area contributed by atoms with Crippen molar-refractivity contribution in [3.05, 3.63) is 24.3 Å². The molecule has 0 aliphatic carbocycles. The molecule has 1 aromatic carbocycles. The maximum atomic E-state index is 12.2. The van der Waals surface area contributed by atoms with E-state index in [4.69, 9.17) is 0 Å². The number of carbonyl (C=O) groups is 2. The number of carbonyl (C=O) groups excluding carboxylic acids is 2. The molecule has 2 rings (SSSR count). The van der Waals surface area contributed by atoms with Crippen molar-refractivity contribution in [2.24, 2.45) is 0 Å². The molecule has 0 spiro atoms. The Kier molecular flexibility index (Phi) is 6.25. The molecule has 0 bridgehead atoms. The SMILES string of the molecule is CCC(=O)Nc1ccc(NCC(=O)N2CCCCCC2)cc1. The molecular formula is C17H25N3O2. The summed E-state index contributed by atoms with van der Waals surface area (Å²) in [5.41, 5.74) is 1.66. The highest BCUT2D eigenvalue weighted by molar-refractivity contribution is 5.90. The molecule has 0 aromatic heterocycles. The number of nitrogens with one attached hydrogen (secondary N) is 2. The fourth-order valence-electron chi connectivity index (χ4n) is 2.53. The van der Waals surface area contributed by atoms with Crippen molar-refractivity contribution >= 4 is 23.2 Å². The largest absolute Gasteiger partial charge is 0.376 e. The lowest BCUT2D eigenvalue weighted by Gasteiger charge is -2.20. The first-order chi connectivity index (χ1) is 10.7. The fraction of sp³-hybridized carbons (Fsp3) is 0.529. The van der Waals surface area contributed by atoms with Gasteiger partial charge in [0.15, 0.2) is 0 Å². The molecular weight excluding hydrogens is 278 g/mol. The third-order valence-corrected chi connectivity index (χ3v) is 3.89. The maximum Gasteiger partial charge on any atom is 0.241 e. The summed E-state index contributed by atoms with van der Waals surface area (Å²) in [6.07, 6.45) is 5.13. The lowest BCUT2D eigenvalue weighted by Crippen LogP contribution is -2.36. The summed E-state index contributed by atoms with van der Waals surface area (Å²) in [5.74, 6) is 0.155. The minimum atomic E-state index is -0.00273. The zero-order valence-electron chi connectivity index (χ0n) is 13.2. The monoisotopic (exact) mass is 303 g/mol. The first-order valence-corrected chi connectivity index (χ1v) is 8.10. The van der Waals surface area contributed by atoms with Crippen molar-refractivity contribution < 1.29 is 9.59 Å². The van der Waals surface area contributed by atoms with Gasteiger partial charge in [0.25, 0.3) is 0 Å². The van der Waals surface area contributed by atoms with Crippen LogP contribution in [0.1, 0.15) is 39.0 Å². The first kappa shape index (κ1) is 16.3. The van der Waals surface area contributed by atoms with Crippen molar-refractivity contribution in [2.75, 3.05) is 30.3 Å². The Bertz CT molecular complexity index is 491. The molecule has 1 aliphatic rings. The second kappa shape index (κ2) is 8.41. The summed E-state index contributed by atoms with van der Waals surface area (Å²) in [7, 11) is 0. The third kappa shape index (κ3) is 5.06. The van der Waals surface area contributed by atoms with Crippen molar-refractivity contribution in [1.82, 2.24) is 4.90 Å². The van der Waals surface area contributed by atoms with E-state index in [0.717, 1.165) is 37.3 Å². The molecule has 1 heterocycles. The van der Waals surface area contributed by atoms with E-state index in [1.165, 1.54) is 12.8 Å². The Morgan fingerprint density at radius 1 is 1.00 bits per heavy atom. The highest BCUT2D eigenvalue weighted by Crippen LogP contribution is 2.14. The number of amides is 2. The van der Waals surface area contributed by atoms with Gasteiger partial charge >= 0.3 is 0 Å². The van der Waals surface area contributed by atoms with Crippen LogP contribution in [-0.4, -0.2) is 36.3 Å². The number of benzene rings is 1. The van der Waals surface area contributed by atoms with Gasteiger partial charge in [-0.2, -0.15) is 0 Å². The Balaban J connectivity index is 1.80. The van der Waals surface area contributed by atoms with Crippen LogP contribution in [0.15, 0.2) is 24.3 Å². The van der Waals surface area contributed by atoms with E-state index in [-0.39, 0.29) is 11.8 Å². The molecule has 0 atom stereocenters. The molecule has 1 saturated heterocycles. The van der Waals surface area contributed by atoms with Crippen LogP contribution in [0.5, 0.6) is 0 Å². The van der Waals surface area contributed by atoms with Gasteiger partial charge in [0.1, 0.15) is 0 Å². The number of likely N-dealkylation sites (tertiary alicyclic amines) is 1. The zero-order valence-corrected chi connectivity index (χ0v) is 13.2. The normalized spacial score (nSPS) is 15.0. The molecule has 2 amide bonds. The Morgan fingerprint density at radius 2 is 1.59 bits per heavy atom. The van der Waals surface area contributed by atoms with Crippen molar-refractivity contribution in [1.29, 1.82) is 0 Å². The molecule has 120 valence electrons. The van der Waals surface area contributed by atoms with Crippen LogP contribution in [0, 0.1) is 0 Å². The quantitative estimate of drug-likeness (QED) is 0.879. The van der Waals surface area contributed by atoms with Crippen molar-refractivity contribution in [3.8, 4) is 0 Å². The molecule has 5 heteroatoms. The zero-order chi connectivity index (χ0) is 15.8. The van der Waals surface area contributed by atoms with Gasteiger partial charge in [0, 0.05) is 30.9 Å². The maximum absolute atomic E-state index is 12.2. The predicted molar refractivity (Wildman–Crippen MR) is 88.9 cm³/mol. The van der Waals surface area contributed by atoms with Gasteiger partial charge in [-0.3, -0.25) is 9.59 Å². The summed E-state index contributed by atoms with van der Waals surface area (Å²) >= 11 is 0. The summed E-state index contributed by atoms with van der Waals surface area (Å²) in [6, 6.07) is 7.43. The number of rotatable bonds is 5. The average Bonchev–Trinajstić information content (AvgIpc) is 2.83. The topological polar surface area (TPSA) is 61.4 Å². The van der Waals surface area contributed by atoms with Gasteiger partial charge in [-0.1, -0.05) is 19.8 Å². The second-order valence-corrected chi connectivity index (χ2v) is 5.63. The second-order valence-electron chi connectivity index (χ2n) is 5.63. The Labute approximate surface area is 132 Å². The molecule has 0 saturated carbocycles. The molecule has 1 aliphatic heterocycles. The van der Waals surface area contributed by atoms with Gasteiger partial charge in [-0.25, -0.2) is 0 Å². The summed E-state index contributed by atoms with van der Waals surface area (Å²) in [5, 5.41) is 5.95. The van der Waals surface area contributed by atoms with E-state index in [2.05, 4.69) is 10.6 Å². The summed E-state index contributed by atoms with van der Waals surface area (Å²) in [6.45, 7) is 3.89. The smallest absolute Gasteiger partial charge is 0.241 e. The molecule has 5 nitrogen and oxygen atoms in total. The highest BCUT2D eigenvalue weighted by atomic mass is 16.2. The molecule has 1 fully saturated rings. The third-order valence-electron chi connectivity index (χ3n) is 3.89. The number of hydrogen-bond donors (Lipinski definition) is 2. The van der Waals surface area contributed by atoms with E-state index in [0.29, 0.717) is 13.0 Å². The van der Waals surface area contributed by atoms with Crippen LogP contribution in [0.2, 0.25) is 0 Å². The van der Waals surface area contributed by atoms with Crippen LogP contribution in [0.3, 0.4) is 0 Å². The molecule has 1 aromatic rings. The molecule has 2 N–H and O–H groups in total. The number of anilines is 2. The van der Waals surface area contributed by atoms with Crippen LogP contribution >= 0.6 is 0 Å².